The van der Waals surface area contributed by atoms with Crippen molar-refractivity contribution in [3.63, 3.8) is 0 Å². The summed E-state index contributed by atoms with van der Waals surface area (Å²) in [4.78, 5) is 11.5. The van der Waals surface area contributed by atoms with Crippen LogP contribution < -0.4 is 5.56 Å². The Kier molecular flexibility index (Phi) is 3.72. The fraction of sp³-hybridized carbons (Fsp3) is 0.333. The molecule has 0 N–H and O–H groups in total. The van der Waals surface area contributed by atoms with E-state index in [0.717, 1.165) is 5.57 Å². The number of halogens is 2. The normalized spacial score (nSPS) is 10.0. The summed E-state index contributed by atoms with van der Waals surface area (Å²) in [6.45, 7) is 4.31. The number of nitrogens with zero attached hydrogens (tertiary/aromatic N) is 2. The number of hydrogen-bond acceptors (Lipinski definition) is 2. The molecule has 3 nitrogen and oxygen atoms in total. The number of hydrogen-bond donors (Lipinski definition) is 0. The van der Waals surface area contributed by atoms with Gasteiger partial charge in [0.2, 0.25) is 0 Å². The maximum absolute atomic E-state index is 11.5. The van der Waals surface area contributed by atoms with Crippen molar-refractivity contribution in [3.8, 4) is 0 Å². The molecule has 14 heavy (non-hydrogen) atoms. The van der Waals surface area contributed by atoms with Gasteiger partial charge in [0.15, 0.2) is 0 Å². The van der Waals surface area contributed by atoms with Gasteiger partial charge in [0, 0.05) is 0 Å². The van der Waals surface area contributed by atoms with E-state index in [0.29, 0.717) is 6.54 Å². The van der Waals surface area contributed by atoms with Crippen molar-refractivity contribution < 1.29 is 0 Å². The van der Waals surface area contributed by atoms with Gasteiger partial charge in [0.1, 0.15) is 5.02 Å². The largest absolute Gasteiger partial charge is 0.287 e. The highest BCUT2D eigenvalue weighted by molar-refractivity contribution is 6.41. The molecule has 76 valence electrons. The molecule has 0 amide bonds. The van der Waals surface area contributed by atoms with Crippen molar-refractivity contribution >= 4 is 23.2 Å². The molecule has 0 saturated carbocycles. The van der Waals surface area contributed by atoms with Gasteiger partial charge in [-0.15, -0.1) is 0 Å². The fourth-order valence-corrected chi connectivity index (χ4v) is 1.11. The van der Waals surface area contributed by atoms with Crippen molar-refractivity contribution in [1.82, 2.24) is 9.78 Å². The molecule has 1 aromatic heterocycles. The Hall–Kier alpha value is -0.800. The maximum atomic E-state index is 11.5. The molecule has 0 unspecified atom stereocenters. The summed E-state index contributed by atoms with van der Waals surface area (Å²) in [5.74, 6) is 0. The standard InChI is InChI=1S/C9H10Cl2N2O/c1-6(2)3-4-13-9(14)8(11)7(10)5-12-13/h3,5H,4H2,1-2H3. The van der Waals surface area contributed by atoms with Gasteiger partial charge in [-0.2, -0.15) is 5.10 Å². The Morgan fingerprint density at radius 2 is 2.21 bits per heavy atom. The zero-order valence-electron chi connectivity index (χ0n) is 7.92. The van der Waals surface area contributed by atoms with Crippen molar-refractivity contribution in [2.45, 2.75) is 20.4 Å². The van der Waals surface area contributed by atoms with Gasteiger partial charge >= 0.3 is 0 Å². The summed E-state index contributed by atoms with van der Waals surface area (Å²) in [5.41, 5.74) is 0.751. The van der Waals surface area contributed by atoms with E-state index in [2.05, 4.69) is 5.10 Å². The first-order chi connectivity index (χ1) is 6.52. The molecule has 0 aromatic carbocycles. The Bertz CT molecular complexity index is 419. The predicted octanol–water partition coefficient (Wildman–Crippen LogP) is 2.52. The Balaban J connectivity index is 3.07. The molecule has 0 radical (unpaired) electrons. The molecule has 0 aliphatic heterocycles. The molecule has 0 saturated heterocycles. The van der Waals surface area contributed by atoms with E-state index in [1.807, 2.05) is 19.9 Å². The summed E-state index contributed by atoms with van der Waals surface area (Å²) >= 11 is 11.3. The first-order valence-electron chi connectivity index (χ1n) is 4.07. The van der Waals surface area contributed by atoms with Gasteiger partial charge < -0.3 is 0 Å². The van der Waals surface area contributed by atoms with Crippen LogP contribution in [0.15, 0.2) is 22.6 Å². The fourth-order valence-electron chi connectivity index (χ4n) is 0.844. The lowest BCUT2D eigenvalue weighted by molar-refractivity contribution is 0.649. The smallest absolute Gasteiger partial charge is 0.266 e. The van der Waals surface area contributed by atoms with Crippen LogP contribution in [0.1, 0.15) is 13.8 Å². The van der Waals surface area contributed by atoms with E-state index in [1.165, 1.54) is 10.9 Å². The first kappa shape index (κ1) is 11.3. The highest BCUT2D eigenvalue weighted by atomic mass is 35.5. The minimum Gasteiger partial charge on any atom is -0.266 e. The number of rotatable bonds is 2. The van der Waals surface area contributed by atoms with Crippen LogP contribution in [0.4, 0.5) is 0 Å². The van der Waals surface area contributed by atoms with Crippen LogP contribution in [0.25, 0.3) is 0 Å². The lowest BCUT2D eigenvalue weighted by atomic mass is 10.3. The zero-order valence-corrected chi connectivity index (χ0v) is 9.43. The van der Waals surface area contributed by atoms with Crippen LogP contribution in [0.3, 0.4) is 0 Å². The second-order valence-electron chi connectivity index (χ2n) is 3.08. The highest BCUT2D eigenvalue weighted by Crippen LogP contribution is 2.14. The third-order valence-corrected chi connectivity index (χ3v) is 2.36. The molecule has 1 rings (SSSR count). The van der Waals surface area contributed by atoms with E-state index < -0.39 is 0 Å². The van der Waals surface area contributed by atoms with Crippen molar-refractivity contribution in [2.75, 3.05) is 0 Å². The quantitative estimate of drug-likeness (QED) is 0.735. The lowest BCUT2D eigenvalue weighted by Gasteiger charge is -2.02. The average Bonchev–Trinajstić information content (AvgIpc) is 2.13. The zero-order chi connectivity index (χ0) is 10.7. The van der Waals surface area contributed by atoms with Gasteiger partial charge in [-0.25, -0.2) is 4.68 Å². The van der Waals surface area contributed by atoms with Crippen LogP contribution in [-0.2, 0) is 6.54 Å². The Morgan fingerprint density at radius 1 is 1.57 bits per heavy atom. The van der Waals surface area contributed by atoms with Crippen LogP contribution in [0.2, 0.25) is 10.0 Å². The summed E-state index contributed by atoms with van der Waals surface area (Å²) in [6.07, 6.45) is 3.25. The van der Waals surface area contributed by atoms with Gasteiger partial charge in [0.05, 0.1) is 17.8 Å². The van der Waals surface area contributed by atoms with Gasteiger partial charge in [-0.3, -0.25) is 4.79 Å². The summed E-state index contributed by atoms with van der Waals surface area (Å²) in [5, 5.41) is 4.06. The molecule has 0 atom stereocenters. The molecular formula is C9H10Cl2N2O. The second kappa shape index (κ2) is 4.62. The molecule has 1 heterocycles. The van der Waals surface area contributed by atoms with Gasteiger partial charge in [-0.05, 0) is 13.8 Å². The SMILES string of the molecule is CC(C)=CCn1ncc(Cl)c(Cl)c1=O. The summed E-state index contributed by atoms with van der Waals surface area (Å²) in [7, 11) is 0. The predicted molar refractivity (Wildman–Crippen MR) is 57.9 cm³/mol. The van der Waals surface area contributed by atoms with Crippen LogP contribution >= 0.6 is 23.2 Å². The second-order valence-corrected chi connectivity index (χ2v) is 3.86. The highest BCUT2D eigenvalue weighted by Gasteiger charge is 2.05. The van der Waals surface area contributed by atoms with Crippen LogP contribution in [-0.4, -0.2) is 9.78 Å². The van der Waals surface area contributed by atoms with Crippen molar-refractivity contribution in [1.29, 1.82) is 0 Å². The van der Waals surface area contributed by atoms with Crippen molar-refractivity contribution in [3.05, 3.63) is 38.2 Å². The third kappa shape index (κ3) is 2.59. The molecule has 0 aliphatic rings. The molecule has 0 aliphatic carbocycles. The van der Waals surface area contributed by atoms with Gasteiger partial charge in [-0.1, -0.05) is 34.9 Å². The monoisotopic (exact) mass is 232 g/mol. The molecule has 1 aromatic rings. The van der Waals surface area contributed by atoms with Crippen LogP contribution in [0.5, 0.6) is 0 Å². The average molecular weight is 233 g/mol. The van der Waals surface area contributed by atoms with E-state index >= 15 is 0 Å². The molecule has 0 spiro atoms. The minimum absolute atomic E-state index is 0.0174. The Morgan fingerprint density at radius 3 is 2.79 bits per heavy atom. The summed E-state index contributed by atoms with van der Waals surface area (Å²) < 4.78 is 1.27. The van der Waals surface area contributed by atoms with E-state index in [9.17, 15) is 4.79 Å². The van der Waals surface area contributed by atoms with Gasteiger partial charge in [0.25, 0.3) is 5.56 Å². The van der Waals surface area contributed by atoms with Crippen LogP contribution in [0, 0.1) is 0 Å². The van der Waals surface area contributed by atoms with Crippen molar-refractivity contribution in [2.24, 2.45) is 0 Å². The Labute approximate surface area is 92.0 Å². The summed E-state index contributed by atoms with van der Waals surface area (Å²) in [6, 6.07) is 0. The van der Waals surface area contributed by atoms with E-state index in [-0.39, 0.29) is 15.6 Å². The number of aromatic nitrogens is 2. The molecule has 5 heteroatoms. The lowest BCUT2D eigenvalue weighted by Crippen LogP contribution is -2.22. The molecule has 0 fully saturated rings. The molecule has 0 bridgehead atoms. The minimum atomic E-state index is -0.364. The number of allylic oxidation sites excluding steroid dienone is 2. The third-order valence-electron chi connectivity index (χ3n) is 1.61. The molecular weight excluding hydrogens is 223 g/mol. The topological polar surface area (TPSA) is 34.9 Å². The van der Waals surface area contributed by atoms with E-state index in [4.69, 9.17) is 23.2 Å². The van der Waals surface area contributed by atoms with E-state index in [1.54, 1.807) is 0 Å². The first-order valence-corrected chi connectivity index (χ1v) is 4.82. The maximum Gasteiger partial charge on any atom is 0.287 e.